The number of rotatable bonds is 7. The zero-order valence-corrected chi connectivity index (χ0v) is 18.9. The normalized spacial score (nSPS) is 16.6. The molecule has 9 heteroatoms. The number of halogens is 2. The van der Waals surface area contributed by atoms with E-state index in [2.05, 4.69) is 9.64 Å². The average Bonchev–Trinajstić information content (AvgIpc) is 2.79. The number of amides is 1. The number of hydrogen-bond acceptors (Lipinski definition) is 6. The summed E-state index contributed by atoms with van der Waals surface area (Å²) < 4.78 is 16.0. The zero-order valence-electron chi connectivity index (χ0n) is 17.3. The van der Waals surface area contributed by atoms with Crippen LogP contribution in [-0.2, 0) is 20.8 Å². The lowest BCUT2D eigenvalue weighted by Crippen LogP contribution is -2.52. The number of carbonyl (C=O) groups excluding carboxylic acids is 2. The molecule has 1 saturated heterocycles. The van der Waals surface area contributed by atoms with E-state index in [0.29, 0.717) is 41.1 Å². The molecule has 0 unspecified atom stereocenters. The number of likely N-dealkylation sites (N-methyl/N-ethyl adjacent to an activating group) is 1. The molecule has 0 N–H and O–H groups in total. The van der Waals surface area contributed by atoms with Crippen LogP contribution in [0.5, 0.6) is 5.75 Å². The number of benzene rings is 2. The molecule has 7 nitrogen and oxygen atoms in total. The molecule has 1 fully saturated rings. The van der Waals surface area contributed by atoms with E-state index in [-0.39, 0.29) is 18.7 Å². The standard InChI is InChI=1S/C22H24Cl2N2O5/c1-25(20(27)14-31-17-6-4-16(5-7-17)22(28)29-2)21-13-26(9-10-30-21)12-15-3-8-18(23)19(24)11-15/h3-8,11,21H,9-10,12-14H2,1-2H3/t21-/m0/s1. The maximum Gasteiger partial charge on any atom is 0.337 e. The van der Waals surface area contributed by atoms with Crippen molar-refractivity contribution in [2.45, 2.75) is 12.8 Å². The lowest BCUT2D eigenvalue weighted by molar-refractivity contribution is -0.154. The minimum Gasteiger partial charge on any atom is -0.484 e. The van der Waals surface area contributed by atoms with E-state index in [1.807, 2.05) is 12.1 Å². The molecule has 166 valence electrons. The van der Waals surface area contributed by atoms with E-state index in [4.69, 9.17) is 32.7 Å². The molecule has 1 atom stereocenters. The van der Waals surface area contributed by atoms with Crippen LogP contribution >= 0.6 is 23.2 Å². The van der Waals surface area contributed by atoms with Crippen molar-refractivity contribution in [2.75, 3.05) is 40.5 Å². The lowest BCUT2D eigenvalue weighted by Gasteiger charge is -2.37. The van der Waals surface area contributed by atoms with Gasteiger partial charge in [0.1, 0.15) is 12.0 Å². The second-order valence-corrected chi connectivity index (χ2v) is 7.93. The van der Waals surface area contributed by atoms with Gasteiger partial charge in [0.15, 0.2) is 6.61 Å². The van der Waals surface area contributed by atoms with Crippen LogP contribution in [0.3, 0.4) is 0 Å². The summed E-state index contributed by atoms with van der Waals surface area (Å²) in [6.45, 7) is 2.38. The first-order valence-corrected chi connectivity index (χ1v) is 10.5. The van der Waals surface area contributed by atoms with Crippen molar-refractivity contribution in [1.82, 2.24) is 9.80 Å². The quantitative estimate of drug-likeness (QED) is 0.581. The van der Waals surface area contributed by atoms with Gasteiger partial charge < -0.3 is 19.1 Å². The molecule has 2 aromatic carbocycles. The third kappa shape index (κ3) is 6.33. The van der Waals surface area contributed by atoms with Gasteiger partial charge in [-0.25, -0.2) is 4.79 Å². The summed E-state index contributed by atoms with van der Waals surface area (Å²) in [5, 5.41) is 1.04. The van der Waals surface area contributed by atoms with Crippen molar-refractivity contribution in [3.63, 3.8) is 0 Å². The number of hydrogen-bond donors (Lipinski definition) is 0. The molecule has 0 radical (unpaired) electrons. The van der Waals surface area contributed by atoms with Gasteiger partial charge in [-0.3, -0.25) is 9.69 Å². The van der Waals surface area contributed by atoms with Gasteiger partial charge in [0.25, 0.3) is 5.91 Å². The summed E-state index contributed by atoms with van der Waals surface area (Å²) in [7, 11) is 3.01. The predicted octanol–water partition coefficient (Wildman–Crippen LogP) is 3.48. The second-order valence-electron chi connectivity index (χ2n) is 7.12. The van der Waals surface area contributed by atoms with Crippen LogP contribution in [0.1, 0.15) is 15.9 Å². The number of morpholine rings is 1. The molecule has 0 saturated carbocycles. The molecular formula is C22H24Cl2N2O5. The van der Waals surface area contributed by atoms with Gasteiger partial charge in [0.2, 0.25) is 0 Å². The third-order valence-corrected chi connectivity index (χ3v) is 5.72. The van der Waals surface area contributed by atoms with Crippen LogP contribution in [-0.4, -0.2) is 68.4 Å². The van der Waals surface area contributed by atoms with Gasteiger partial charge in [0, 0.05) is 26.7 Å². The Kier molecular flexibility index (Phi) is 8.15. The van der Waals surface area contributed by atoms with Crippen molar-refractivity contribution < 1.29 is 23.8 Å². The summed E-state index contributed by atoms with van der Waals surface area (Å²) in [6.07, 6.45) is -0.380. The Labute approximate surface area is 191 Å². The smallest absolute Gasteiger partial charge is 0.337 e. The number of methoxy groups -OCH3 is 1. The van der Waals surface area contributed by atoms with Gasteiger partial charge in [-0.1, -0.05) is 29.3 Å². The topological polar surface area (TPSA) is 68.3 Å². The molecule has 3 rings (SSSR count). The van der Waals surface area contributed by atoms with Gasteiger partial charge in [0.05, 0.1) is 29.3 Å². The van der Waals surface area contributed by atoms with Crippen LogP contribution in [0.25, 0.3) is 0 Å². The second kappa shape index (κ2) is 10.8. The fourth-order valence-electron chi connectivity index (χ4n) is 3.17. The minimum absolute atomic E-state index is 0.138. The largest absolute Gasteiger partial charge is 0.484 e. The van der Waals surface area contributed by atoms with Crippen LogP contribution in [0.4, 0.5) is 0 Å². The van der Waals surface area contributed by atoms with E-state index in [1.54, 1.807) is 42.3 Å². The van der Waals surface area contributed by atoms with Crippen LogP contribution in [0.2, 0.25) is 10.0 Å². The van der Waals surface area contributed by atoms with Gasteiger partial charge >= 0.3 is 5.97 Å². The predicted molar refractivity (Wildman–Crippen MR) is 118 cm³/mol. The summed E-state index contributed by atoms with van der Waals surface area (Å²) in [4.78, 5) is 27.8. The fraction of sp³-hybridized carbons (Fsp3) is 0.364. The van der Waals surface area contributed by atoms with Crippen molar-refractivity contribution in [3.8, 4) is 5.75 Å². The van der Waals surface area contributed by atoms with Crippen molar-refractivity contribution in [2.24, 2.45) is 0 Å². The van der Waals surface area contributed by atoms with E-state index < -0.39 is 5.97 Å². The van der Waals surface area contributed by atoms with Crippen molar-refractivity contribution in [1.29, 1.82) is 0 Å². The van der Waals surface area contributed by atoms with Crippen LogP contribution in [0.15, 0.2) is 42.5 Å². The fourth-order valence-corrected chi connectivity index (χ4v) is 3.49. The Balaban J connectivity index is 1.51. The molecule has 1 heterocycles. The summed E-state index contributed by atoms with van der Waals surface area (Å²) in [6, 6.07) is 12.0. The van der Waals surface area contributed by atoms with Crippen molar-refractivity contribution >= 4 is 35.1 Å². The van der Waals surface area contributed by atoms with Crippen LogP contribution in [0, 0.1) is 0 Å². The van der Waals surface area contributed by atoms with E-state index >= 15 is 0 Å². The SMILES string of the molecule is COC(=O)c1ccc(OCC(=O)N(C)[C@@H]2CN(Cc3ccc(Cl)c(Cl)c3)CCO2)cc1. The van der Waals surface area contributed by atoms with E-state index in [1.165, 1.54) is 7.11 Å². The number of ether oxygens (including phenoxy) is 3. The highest BCUT2D eigenvalue weighted by atomic mass is 35.5. The highest BCUT2D eigenvalue weighted by Crippen LogP contribution is 2.24. The number of esters is 1. The molecule has 2 aromatic rings. The number of carbonyl (C=O) groups is 2. The maximum absolute atomic E-state index is 12.6. The first-order chi connectivity index (χ1) is 14.9. The monoisotopic (exact) mass is 466 g/mol. The Hall–Kier alpha value is -2.32. The molecule has 0 bridgehead atoms. The summed E-state index contributed by atoms with van der Waals surface area (Å²) >= 11 is 12.1. The first-order valence-electron chi connectivity index (χ1n) is 9.72. The molecule has 0 aliphatic carbocycles. The molecule has 1 aliphatic heterocycles. The number of nitrogens with zero attached hydrogens (tertiary/aromatic N) is 2. The Morgan fingerprint density at radius 3 is 2.58 bits per heavy atom. The Morgan fingerprint density at radius 2 is 1.90 bits per heavy atom. The van der Waals surface area contributed by atoms with Gasteiger partial charge in [-0.05, 0) is 42.0 Å². The Morgan fingerprint density at radius 1 is 1.16 bits per heavy atom. The molecular weight excluding hydrogens is 443 g/mol. The highest BCUT2D eigenvalue weighted by molar-refractivity contribution is 6.42. The van der Waals surface area contributed by atoms with Crippen molar-refractivity contribution in [3.05, 3.63) is 63.6 Å². The zero-order chi connectivity index (χ0) is 22.4. The average molecular weight is 467 g/mol. The minimum atomic E-state index is -0.428. The summed E-state index contributed by atoms with van der Waals surface area (Å²) in [5.41, 5.74) is 1.46. The molecule has 1 aliphatic rings. The van der Waals surface area contributed by atoms with Crippen LogP contribution < -0.4 is 4.74 Å². The molecule has 0 aromatic heterocycles. The third-order valence-electron chi connectivity index (χ3n) is 4.99. The van der Waals surface area contributed by atoms with Gasteiger partial charge in [-0.15, -0.1) is 0 Å². The lowest BCUT2D eigenvalue weighted by atomic mass is 10.2. The first kappa shape index (κ1) is 23.3. The molecule has 1 amide bonds. The molecule has 0 spiro atoms. The van der Waals surface area contributed by atoms with E-state index in [0.717, 1.165) is 12.1 Å². The highest BCUT2D eigenvalue weighted by Gasteiger charge is 2.27. The Bertz CT molecular complexity index is 923. The van der Waals surface area contributed by atoms with Gasteiger partial charge in [-0.2, -0.15) is 0 Å². The van der Waals surface area contributed by atoms with E-state index in [9.17, 15) is 9.59 Å². The maximum atomic E-state index is 12.6. The summed E-state index contributed by atoms with van der Waals surface area (Å²) in [5.74, 6) is -0.152. The molecule has 31 heavy (non-hydrogen) atoms.